The molecule has 1 aliphatic heterocycles. The maximum atomic E-state index is 9.89. The third-order valence-corrected chi connectivity index (χ3v) is 1.01. The second-order valence-corrected chi connectivity index (χ2v) is 1.62. The number of aliphatic carboxylic acids is 1. The van der Waals surface area contributed by atoms with Crippen molar-refractivity contribution in [1.82, 2.24) is 0 Å². The second kappa shape index (κ2) is 1.72. The van der Waals surface area contributed by atoms with Gasteiger partial charge in [-0.25, -0.2) is 4.79 Å². The number of carbonyl (C=O) groups is 1. The number of rotatable bonds is 2. The fourth-order valence-electron chi connectivity index (χ4n) is 0.499. The molecule has 0 aromatic heterocycles. The molecule has 1 saturated heterocycles. The summed E-state index contributed by atoms with van der Waals surface area (Å²) < 4.78 is 4.48. The van der Waals surface area contributed by atoms with Gasteiger partial charge in [-0.15, -0.1) is 0 Å². The van der Waals surface area contributed by atoms with Crippen LogP contribution in [0.3, 0.4) is 0 Å². The van der Waals surface area contributed by atoms with Crippen LogP contribution < -0.4 is 0 Å². The molecule has 0 saturated carbocycles. The van der Waals surface area contributed by atoms with Gasteiger partial charge in [0.25, 0.3) is 0 Å². The molecular formula is C4H6O4. The molecule has 0 aromatic rings. The summed E-state index contributed by atoms with van der Waals surface area (Å²) in [5.74, 6) is -0.996. The van der Waals surface area contributed by atoms with E-state index >= 15 is 0 Å². The van der Waals surface area contributed by atoms with Crippen LogP contribution in [0.5, 0.6) is 0 Å². The zero-order valence-electron chi connectivity index (χ0n) is 4.07. The fourth-order valence-corrected chi connectivity index (χ4v) is 0.499. The standard InChI is InChI=1S/C4H6O4/c5-1-2-3(8-2)4(6)7/h2-3,5H,1H2,(H,6,7)/t2-,3+/m0/s1. The molecule has 1 heterocycles. The van der Waals surface area contributed by atoms with Crippen LogP contribution in [-0.2, 0) is 9.53 Å². The van der Waals surface area contributed by atoms with E-state index in [9.17, 15) is 4.79 Å². The quantitative estimate of drug-likeness (QED) is 0.448. The Morgan fingerprint density at radius 2 is 2.38 bits per heavy atom. The van der Waals surface area contributed by atoms with Crippen molar-refractivity contribution in [2.45, 2.75) is 12.2 Å². The van der Waals surface area contributed by atoms with Crippen LogP contribution in [0, 0.1) is 0 Å². The molecule has 0 aliphatic carbocycles. The normalized spacial score (nSPS) is 34.6. The average Bonchev–Trinajstić information content (AvgIpc) is 2.42. The number of aliphatic hydroxyl groups excluding tert-OH is 1. The van der Waals surface area contributed by atoms with Gasteiger partial charge in [0.2, 0.25) is 0 Å². The zero-order valence-corrected chi connectivity index (χ0v) is 4.07. The van der Waals surface area contributed by atoms with E-state index in [2.05, 4.69) is 4.74 Å². The van der Waals surface area contributed by atoms with E-state index in [-0.39, 0.29) is 6.61 Å². The Morgan fingerprint density at radius 3 is 2.50 bits per heavy atom. The molecule has 0 aromatic carbocycles. The van der Waals surface area contributed by atoms with Crippen molar-refractivity contribution in [3.05, 3.63) is 0 Å². The Kier molecular flexibility index (Phi) is 1.19. The van der Waals surface area contributed by atoms with Gasteiger partial charge >= 0.3 is 5.97 Å². The Bertz CT molecular complexity index is 111. The highest BCUT2D eigenvalue weighted by Gasteiger charge is 2.44. The summed E-state index contributed by atoms with van der Waals surface area (Å²) >= 11 is 0. The number of carboxylic acids is 1. The van der Waals surface area contributed by atoms with Crippen molar-refractivity contribution in [2.75, 3.05) is 6.61 Å². The zero-order chi connectivity index (χ0) is 6.15. The summed E-state index contributed by atoms with van der Waals surface area (Å²) in [7, 11) is 0. The predicted octanol–water partition coefficient (Wildman–Crippen LogP) is -1.17. The van der Waals surface area contributed by atoms with Gasteiger partial charge in [0.1, 0.15) is 6.10 Å². The number of carboxylic acid groups (broad SMARTS) is 1. The van der Waals surface area contributed by atoms with Crippen LogP contribution in [0.25, 0.3) is 0 Å². The van der Waals surface area contributed by atoms with Crippen LogP contribution in [0.4, 0.5) is 0 Å². The van der Waals surface area contributed by atoms with Crippen LogP contribution in [0.2, 0.25) is 0 Å². The molecule has 0 radical (unpaired) electrons. The molecule has 0 amide bonds. The molecular weight excluding hydrogens is 112 g/mol. The van der Waals surface area contributed by atoms with E-state index < -0.39 is 18.2 Å². The first-order chi connectivity index (χ1) is 3.75. The van der Waals surface area contributed by atoms with Crippen molar-refractivity contribution in [1.29, 1.82) is 0 Å². The number of epoxide rings is 1. The van der Waals surface area contributed by atoms with Crippen molar-refractivity contribution in [3.63, 3.8) is 0 Å². The van der Waals surface area contributed by atoms with Crippen LogP contribution in [0.15, 0.2) is 0 Å². The van der Waals surface area contributed by atoms with Crippen LogP contribution in [0.1, 0.15) is 0 Å². The van der Waals surface area contributed by atoms with Gasteiger partial charge in [0.15, 0.2) is 6.10 Å². The molecule has 0 unspecified atom stereocenters. The average molecular weight is 118 g/mol. The summed E-state index contributed by atoms with van der Waals surface area (Å²) in [5.41, 5.74) is 0. The van der Waals surface area contributed by atoms with Gasteiger partial charge < -0.3 is 14.9 Å². The first-order valence-corrected chi connectivity index (χ1v) is 2.25. The molecule has 1 rings (SSSR count). The summed E-state index contributed by atoms with van der Waals surface area (Å²) in [6.07, 6.45) is -1.20. The molecule has 4 heteroatoms. The van der Waals surface area contributed by atoms with E-state index in [1.54, 1.807) is 0 Å². The summed E-state index contributed by atoms with van der Waals surface area (Å²) in [5, 5.41) is 16.4. The number of aliphatic hydroxyl groups is 1. The Labute approximate surface area is 45.7 Å². The summed E-state index contributed by atoms with van der Waals surface area (Å²) in [4.78, 5) is 9.89. The van der Waals surface area contributed by atoms with E-state index in [4.69, 9.17) is 10.2 Å². The topological polar surface area (TPSA) is 70.1 Å². The third-order valence-electron chi connectivity index (χ3n) is 1.01. The molecule has 2 atom stereocenters. The van der Waals surface area contributed by atoms with Gasteiger partial charge in [-0.3, -0.25) is 0 Å². The highest BCUT2D eigenvalue weighted by Crippen LogP contribution is 2.20. The highest BCUT2D eigenvalue weighted by molar-refractivity contribution is 5.75. The molecule has 1 aliphatic rings. The Hall–Kier alpha value is -0.610. The monoisotopic (exact) mass is 118 g/mol. The van der Waals surface area contributed by atoms with Crippen LogP contribution >= 0.6 is 0 Å². The molecule has 2 N–H and O–H groups in total. The largest absolute Gasteiger partial charge is 0.479 e. The van der Waals surface area contributed by atoms with Crippen molar-refractivity contribution in [2.24, 2.45) is 0 Å². The fraction of sp³-hybridized carbons (Fsp3) is 0.750. The van der Waals surface area contributed by atoms with E-state index in [1.165, 1.54) is 0 Å². The third kappa shape index (κ3) is 0.801. The van der Waals surface area contributed by atoms with Crippen molar-refractivity contribution in [3.8, 4) is 0 Å². The number of hydrogen-bond acceptors (Lipinski definition) is 3. The van der Waals surface area contributed by atoms with Gasteiger partial charge in [-0.05, 0) is 0 Å². The Morgan fingerprint density at radius 1 is 1.75 bits per heavy atom. The summed E-state index contributed by atoms with van der Waals surface area (Å²) in [6.45, 7) is -0.197. The van der Waals surface area contributed by atoms with Gasteiger partial charge in [-0.1, -0.05) is 0 Å². The minimum absolute atomic E-state index is 0.197. The summed E-state index contributed by atoms with van der Waals surface area (Å²) in [6, 6.07) is 0. The highest BCUT2D eigenvalue weighted by atomic mass is 16.6. The van der Waals surface area contributed by atoms with Gasteiger partial charge in [0, 0.05) is 0 Å². The number of ether oxygens (including phenoxy) is 1. The van der Waals surface area contributed by atoms with Gasteiger partial charge in [0.05, 0.1) is 6.61 Å². The van der Waals surface area contributed by atoms with Crippen molar-refractivity contribution < 1.29 is 19.7 Å². The van der Waals surface area contributed by atoms with E-state index in [1.807, 2.05) is 0 Å². The predicted molar refractivity (Wildman–Crippen MR) is 23.4 cm³/mol. The SMILES string of the molecule is O=C(O)[C@@H]1O[C@H]1CO. The molecule has 1 fully saturated rings. The number of hydrogen-bond donors (Lipinski definition) is 2. The van der Waals surface area contributed by atoms with Crippen molar-refractivity contribution >= 4 is 5.97 Å². The lowest BCUT2D eigenvalue weighted by atomic mass is 10.3. The maximum absolute atomic E-state index is 9.89. The first kappa shape index (κ1) is 5.53. The lowest BCUT2D eigenvalue weighted by Crippen LogP contribution is -2.09. The molecule has 46 valence electrons. The smallest absolute Gasteiger partial charge is 0.335 e. The van der Waals surface area contributed by atoms with E-state index in [0.717, 1.165) is 0 Å². The molecule has 0 spiro atoms. The maximum Gasteiger partial charge on any atom is 0.335 e. The lowest BCUT2D eigenvalue weighted by molar-refractivity contribution is -0.138. The molecule has 0 bridgehead atoms. The Balaban J connectivity index is 2.26. The minimum atomic E-state index is -0.996. The van der Waals surface area contributed by atoms with Crippen LogP contribution in [-0.4, -0.2) is 35.0 Å². The van der Waals surface area contributed by atoms with Gasteiger partial charge in [-0.2, -0.15) is 0 Å². The molecule has 4 nitrogen and oxygen atoms in total. The first-order valence-electron chi connectivity index (χ1n) is 2.25. The second-order valence-electron chi connectivity index (χ2n) is 1.62. The molecule has 8 heavy (non-hydrogen) atoms. The lowest BCUT2D eigenvalue weighted by Gasteiger charge is -1.78. The minimum Gasteiger partial charge on any atom is -0.479 e. The van der Waals surface area contributed by atoms with E-state index in [0.29, 0.717) is 0 Å².